The Labute approximate surface area is 158 Å². The van der Waals surface area contributed by atoms with Crippen LogP contribution in [0.5, 0.6) is 0 Å². The first-order valence-corrected chi connectivity index (χ1v) is 9.17. The standard InChI is InChI=1S/C19H24ClFN4O/c1-13-11-23(17-6-4-16(20)5-7-17)8-9-24(13)19(26)12-25-15(3)14(2)18(10-21)22-25/h4-7,13H,8-12H2,1-3H3/t13-/m0/s1. The minimum absolute atomic E-state index is 0.0178. The topological polar surface area (TPSA) is 41.4 Å². The summed E-state index contributed by atoms with van der Waals surface area (Å²) in [6.45, 7) is 7.49. The summed E-state index contributed by atoms with van der Waals surface area (Å²) in [5.74, 6) is 0.0178. The second kappa shape index (κ2) is 7.66. The molecule has 0 N–H and O–H groups in total. The van der Waals surface area contributed by atoms with Crippen LogP contribution in [0.2, 0.25) is 5.02 Å². The van der Waals surface area contributed by atoms with E-state index in [-0.39, 0.29) is 18.5 Å². The van der Waals surface area contributed by atoms with E-state index in [1.807, 2.05) is 49.9 Å². The van der Waals surface area contributed by atoms with E-state index >= 15 is 0 Å². The van der Waals surface area contributed by atoms with Gasteiger partial charge in [-0.1, -0.05) is 11.6 Å². The molecule has 2 aromatic rings. The molecule has 140 valence electrons. The maximum absolute atomic E-state index is 13.0. The van der Waals surface area contributed by atoms with Gasteiger partial charge in [-0.05, 0) is 50.6 Å². The lowest BCUT2D eigenvalue weighted by Crippen LogP contribution is -2.54. The molecular weight excluding hydrogens is 355 g/mol. The Balaban J connectivity index is 1.65. The Morgan fingerprint density at radius 3 is 2.54 bits per heavy atom. The molecule has 3 rings (SSSR count). The minimum atomic E-state index is -0.607. The SMILES string of the molecule is Cc1c(CF)nn(CC(=O)N2CCN(c3ccc(Cl)cc3)C[C@@H]2C)c1C. The number of halogens is 2. The van der Waals surface area contributed by atoms with Crippen LogP contribution in [0, 0.1) is 13.8 Å². The quantitative estimate of drug-likeness (QED) is 0.819. The van der Waals surface area contributed by atoms with Gasteiger partial charge in [0.2, 0.25) is 5.91 Å². The fourth-order valence-corrected chi connectivity index (χ4v) is 3.54. The van der Waals surface area contributed by atoms with Crippen molar-refractivity contribution in [1.82, 2.24) is 14.7 Å². The Bertz CT molecular complexity index is 790. The summed E-state index contributed by atoms with van der Waals surface area (Å²) in [7, 11) is 0. The van der Waals surface area contributed by atoms with E-state index in [1.54, 1.807) is 4.68 Å². The maximum atomic E-state index is 13.0. The van der Waals surface area contributed by atoms with Gasteiger partial charge in [-0.2, -0.15) is 5.10 Å². The van der Waals surface area contributed by atoms with Crippen molar-refractivity contribution >= 4 is 23.2 Å². The molecule has 2 heterocycles. The summed E-state index contributed by atoms with van der Waals surface area (Å²) in [6, 6.07) is 7.85. The van der Waals surface area contributed by atoms with Gasteiger partial charge < -0.3 is 9.80 Å². The van der Waals surface area contributed by atoms with Crippen molar-refractivity contribution < 1.29 is 9.18 Å². The molecule has 1 aromatic carbocycles. The number of anilines is 1. The summed E-state index contributed by atoms with van der Waals surface area (Å²) in [4.78, 5) is 16.9. The zero-order chi connectivity index (χ0) is 18.8. The van der Waals surface area contributed by atoms with E-state index in [0.29, 0.717) is 17.3 Å². The highest BCUT2D eigenvalue weighted by Gasteiger charge is 2.28. The number of aromatic nitrogens is 2. The first-order valence-electron chi connectivity index (χ1n) is 8.79. The van der Waals surface area contributed by atoms with Crippen molar-refractivity contribution in [2.24, 2.45) is 0 Å². The van der Waals surface area contributed by atoms with Crippen LogP contribution in [0.3, 0.4) is 0 Å². The molecule has 1 atom stereocenters. The van der Waals surface area contributed by atoms with Gasteiger partial charge in [-0.25, -0.2) is 4.39 Å². The van der Waals surface area contributed by atoms with Crippen LogP contribution in [-0.4, -0.2) is 46.3 Å². The van der Waals surface area contributed by atoms with Gasteiger partial charge in [0.1, 0.15) is 13.2 Å². The van der Waals surface area contributed by atoms with E-state index in [4.69, 9.17) is 11.6 Å². The van der Waals surface area contributed by atoms with E-state index < -0.39 is 6.67 Å². The number of nitrogens with zero attached hydrogens (tertiary/aromatic N) is 4. The zero-order valence-corrected chi connectivity index (χ0v) is 16.1. The second-order valence-corrected chi connectivity index (χ2v) is 7.24. The number of carbonyl (C=O) groups excluding carboxylic acids is 1. The van der Waals surface area contributed by atoms with E-state index in [1.165, 1.54) is 0 Å². The lowest BCUT2D eigenvalue weighted by molar-refractivity contribution is -0.134. The van der Waals surface area contributed by atoms with Gasteiger partial charge in [0.25, 0.3) is 0 Å². The number of alkyl halides is 1. The van der Waals surface area contributed by atoms with Gasteiger partial charge in [-0.3, -0.25) is 9.48 Å². The number of hydrogen-bond acceptors (Lipinski definition) is 3. The van der Waals surface area contributed by atoms with Gasteiger partial charge >= 0.3 is 0 Å². The van der Waals surface area contributed by atoms with Crippen molar-refractivity contribution in [1.29, 1.82) is 0 Å². The molecule has 26 heavy (non-hydrogen) atoms. The van der Waals surface area contributed by atoms with Crippen molar-refractivity contribution in [3.8, 4) is 0 Å². The summed E-state index contributed by atoms with van der Waals surface area (Å²) in [5.41, 5.74) is 3.19. The highest BCUT2D eigenvalue weighted by atomic mass is 35.5. The van der Waals surface area contributed by atoms with Crippen molar-refractivity contribution in [3.63, 3.8) is 0 Å². The molecule has 1 aromatic heterocycles. The van der Waals surface area contributed by atoms with Crippen molar-refractivity contribution in [2.45, 2.75) is 40.0 Å². The molecule has 0 spiro atoms. The molecule has 5 nitrogen and oxygen atoms in total. The van der Waals surface area contributed by atoms with Crippen molar-refractivity contribution in [3.05, 3.63) is 46.2 Å². The Morgan fingerprint density at radius 1 is 1.27 bits per heavy atom. The van der Waals surface area contributed by atoms with Crippen LogP contribution in [0.15, 0.2) is 24.3 Å². The highest BCUT2D eigenvalue weighted by Crippen LogP contribution is 2.22. The number of carbonyl (C=O) groups is 1. The third-order valence-corrected chi connectivity index (χ3v) is 5.41. The third-order valence-electron chi connectivity index (χ3n) is 5.16. The maximum Gasteiger partial charge on any atom is 0.244 e. The summed E-state index contributed by atoms with van der Waals surface area (Å²) in [5, 5.41) is 4.95. The first-order chi connectivity index (χ1) is 12.4. The molecule has 7 heteroatoms. The Morgan fingerprint density at radius 2 is 1.96 bits per heavy atom. The van der Waals surface area contributed by atoms with Crippen LogP contribution < -0.4 is 4.90 Å². The monoisotopic (exact) mass is 378 g/mol. The van der Waals surface area contributed by atoms with E-state index in [9.17, 15) is 9.18 Å². The molecule has 0 radical (unpaired) electrons. The molecule has 1 saturated heterocycles. The fraction of sp³-hybridized carbons (Fsp3) is 0.474. The first kappa shape index (κ1) is 18.7. The van der Waals surface area contributed by atoms with Crippen LogP contribution in [-0.2, 0) is 18.0 Å². The van der Waals surface area contributed by atoms with Gasteiger partial charge in [0.05, 0.1) is 5.69 Å². The van der Waals surface area contributed by atoms with Crippen LogP contribution in [0.4, 0.5) is 10.1 Å². The molecule has 1 fully saturated rings. The lowest BCUT2D eigenvalue weighted by atomic mass is 10.1. The Kier molecular flexibility index (Phi) is 5.51. The van der Waals surface area contributed by atoms with Crippen molar-refractivity contribution in [2.75, 3.05) is 24.5 Å². The predicted molar refractivity (Wildman–Crippen MR) is 101 cm³/mol. The average molecular weight is 379 g/mol. The number of piperazine rings is 1. The second-order valence-electron chi connectivity index (χ2n) is 6.81. The summed E-state index contributed by atoms with van der Waals surface area (Å²) < 4.78 is 14.6. The molecule has 1 aliphatic rings. The zero-order valence-electron chi connectivity index (χ0n) is 15.4. The highest BCUT2D eigenvalue weighted by molar-refractivity contribution is 6.30. The minimum Gasteiger partial charge on any atom is -0.368 e. The number of amides is 1. The third kappa shape index (κ3) is 3.70. The Hall–Kier alpha value is -2.08. The molecule has 1 amide bonds. The van der Waals surface area contributed by atoms with Gasteiger partial charge in [0, 0.05) is 42.1 Å². The van der Waals surface area contributed by atoms with Crippen LogP contribution in [0.1, 0.15) is 23.9 Å². The molecule has 0 saturated carbocycles. The number of hydrogen-bond donors (Lipinski definition) is 0. The lowest BCUT2D eigenvalue weighted by Gasteiger charge is -2.41. The smallest absolute Gasteiger partial charge is 0.244 e. The normalized spacial score (nSPS) is 17.7. The summed E-state index contributed by atoms with van der Waals surface area (Å²) in [6.07, 6.45) is 0. The number of rotatable bonds is 4. The van der Waals surface area contributed by atoms with Gasteiger partial charge in [0.15, 0.2) is 0 Å². The van der Waals surface area contributed by atoms with Crippen LogP contribution >= 0.6 is 11.6 Å². The molecule has 0 aliphatic carbocycles. The summed E-state index contributed by atoms with van der Waals surface area (Å²) >= 11 is 5.95. The fourth-order valence-electron chi connectivity index (χ4n) is 3.41. The average Bonchev–Trinajstić information content (AvgIpc) is 2.90. The largest absolute Gasteiger partial charge is 0.368 e. The molecular formula is C19H24ClFN4O. The van der Waals surface area contributed by atoms with Gasteiger partial charge in [-0.15, -0.1) is 0 Å². The van der Waals surface area contributed by atoms with E-state index in [2.05, 4.69) is 10.00 Å². The molecule has 1 aliphatic heterocycles. The number of benzene rings is 1. The molecule has 0 bridgehead atoms. The molecule has 0 unspecified atom stereocenters. The van der Waals surface area contributed by atoms with Crippen LogP contribution in [0.25, 0.3) is 0 Å². The predicted octanol–water partition coefficient (Wildman–Crippen LogP) is 3.36. The van der Waals surface area contributed by atoms with E-state index in [0.717, 1.165) is 30.0 Å².